The lowest BCUT2D eigenvalue weighted by Gasteiger charge is -2.03. The fourth-order valence-electron chi connectivity index (χ4n) is 3.36. The lowest BCUT2D eigenvalue weighted by atomic mass is 10.0. The largest absolute Gasteiger partial charge is 0.152 e. The van der Waals surface area contributed by atoms with E-state index in [1.807, 2.05) is 0 Å². The van der Waals surface area contributed by atoms with E-state index in [9.17, 15) is 0 Å². The van der Waals surface area contributed by atoms with Gasteiger partial charge in [-0.05, 0) is 115 Å². The lowest BCUT2D eigenvalue weighted by molar-refractivity contribution is 0.894. The summed E-state index contributed by atoms with van der Waals surface area (Å²) >= 11 is 1.79. The van der Waals surface area contributed by atoms with Crippen LogP contribution < -0.4 is 0 Å². The topological polar surface area (TPSA) is 0 Å². The Kier molecular flexibility index (Phi) is 13.4. The molecule has 0 bridgehead atoms. The molecule has 0 N–H and O–H groups in total. The van der Waals surface area contributed by atoms with Crippen LogP contribution in [0.5, 0.6) is 0 Å². The Morgan fingerprint density at radius 3 is 1.72 bits per heavy atom. The molecule has 0 aliphatic carbocycles. The molecule has 1 aromatic rings. The Labute approximate surface area is 184 Å². The third-order valence-electron chi connectivity index (χ3n) is 5.09. The van der Waals surface area contributed by atoms with E-state index >= 15 is 0 Å². The molecule has 1 aromatic heterocycles. The second-order valence-electron chi connectivity index (χ2n) is 8.61. The van der Waals surface area contributed by atoms with Gasteiger partial charge in [0.2, 0.25) is 0 Å². The Bertz CT molecular complexity index is 716. The van der Waals surface area contributed by atoms with Gasteiger partial charge in [-0.25, -0.2) is 0 Å². The van der Waals surface area contributed by atoms with E-state index in [0.717, 1.165) is 6.42 Å². The molecule has 0 aliphatic rings. The molecule has 160 valence electrons. The molecule has 1 rings (SSSR count). The molecular formula is C28H42S. The van der Waals surface area contributed by atoms with Crippen molar-refractivity contribution in [3.63, 3.8) is 0 Å². The maximum Gasteiger partial charge on any atom is -0.00611 e. The van der Waals surface area contributed by atoms with Crippen molar-refractivity contribution in [1.29, 1.82) is 0 Å². The van der Waals surface area contributed by atoms with E-state index in [4.69, 9.17) is 0 Å². The van der Waals surface area contributed by atoms with Gasteiger partial charge in [-0.1, -0.05) is 58.2 Å². The summed E-state index contributed by atoms with van der Waals surface area (Å²) in [4.78, 5) is 0. The Morgan fingerprint density at radius 2 is 1.24 bits per heavy atom. The zero-order chi connectivity index (χ0) is 21.5. The summed E-state index contributed by atoms with van der Waals surface area (Å²) in [6.07, 6.45) is 21.3. The highest BCUT2D eigenvalue weighted by molar-refractivity contribution is 7.07. The average molecular weight is 411 g/mol. The molecule has 1 heteroatoms. The van der Waals surface area contributed by atoms with Crippen molar-refractivity contribution in [2.45, 2.75) is 92.9 Å². The standard InChI is InChI=1S/C28H42S/c1-23(2)21-27(6)17-9-15-25(4)13-7-11-24(3)12-8-14-26(5)16-10-18-28-19-20-29-22-28/h12-13,16-17,19-22H,7-11,14-15,18H2,1-6H3/b24-12+,25-13+,26-16+,27-17+. The van der Waals surface area contributed by atoms with Gasteiger partial charge in [-0.3, -0.25) is 0 Å². The first-order valence-corrected chi connectivity index (χ1v) is 12.1. The summed E-state index contributed by atoms with van der Waals surface area (Å²) in [5.41, 5.74) is 8.79. The monoisotopic (exact) mass is 410 g/mol. The molecule has 0 saturated carbocycles. The van der Waals surface area contributed by atoms with E-state index in [0.29, 0.717) is 0 Å². The molecule has 0 aliphatic heterocycles. The highest BCUT2D eigenvalue weighted by Crippen LogP contribution is 2.15. The average Bonchev–Trinajstić information content (AvgIpc) is 3.14. The molecule has 0 radical (unpaired) electrons. The first-order chi connectivity index (χ1) is 13.9. The van der Waals surface area contributed by atoms with Gasteiger partial charge < -0.3 is 0 Å². The molecular weight excluding hydrogens is 368 g/mol. The van der Waals surface area contributed by atoms with E-state index in [1.165, 1.54) is 78.4 Å². The third-order valence-corrected chi connectivity index (χ3v) is 5.82. The minimum Gasteiger partial charge on any atom is -0.152 e. The van der Waals surface area contributed by atoms with E-state index < -0.39 is 0 Å². The van der Waals surface area contributed by atoms with Crippen LogP contribution in [0.1, 0.15) is 92.1 Å². The molecule has 0 atom stereocenters. The van der Waals surface area contributed by atoms with Gasteiger partial charge >= 0.3 is 0 Å². The van der Waals surface area contributed by atoms with Gasteiger partial charge in [0.1, 0.15) is 0 Å². The predicted molar refractivity (Wildman–Crippen MR) is 135 cm³/mol. The van der Waals surface area contributed by atoms with Crippen molar-refractivity contribution in [2.24, 2.45) is 0 Å². The fraction of sp³-hybridized carbons (Fsp3) is 0.500. The smallest absolute Gasteiger partial charge is 0.00611 e. The number of hydrogen-bond donors (Lipinski definition) is 0. The Balaban J connectivity index is 2.22. The van der Waals surface area contributed by atoms with Crippen LogP contribution in [0.25, 0.3) is 0 Å². The van der Waals surface area contributed by atoms with Crippen molar-refractivity contribution in [3.05, 3.63) is 80.6 Å². The van der Waals surface area contributed by atoms with Crippen molar-refractivity contribution in [2.75, 3.05) is 0 Å². The van der Waals surface area contributed by atoms with Crippen LogP contribution in [0, 0.1) is 0 Å². The number of hydrogen-bond acceptors (Lipinski definition) is 1. The summed E-state index contributed by atoms with van der Waals surface area (Å²) in [6.45, 7) is 13.3. The van der Waals surface area contributed by atoms with Crippen LogP contribution in [0.15, 0.2) is 75.1 Å². The molecule has 0 aromatic carbocycles. The first-order valence-electron chi connectivity index (χ1n) is 11.2. The van der Waals surface area contributed by atoms with Crippen molar-refractivity contribution < 1.29 is 0 Å². The van der Waals surface area contributed by atoms with Crippen LogP contribution >= 0.6 is 11.3 Å². The van der Waals surface area contributed by atoms with E-state index in [-0.39, 0.29) is 0 Å². The summed E-state index contributed by atoms with van der Waals surface area (Å²) in [7, 11) is 0. The third kappa shape index (κ3) is 14.1. The van der Waals surface area contributed by atoms with Crippen LogP contribution in [0.2, 0.25) is 0 Å². The number of allylic oxidation sites excluding steroid dienone is 10. The minimum atomic E-state index is 1.14. The number of aryl methyl sites for hydroxylation is 1. The summed E-state index contributed by atoms with van der Waals surface area (Å²) in [5, 5.41) is 4.42. The van der Waals surface area contributed by atoms with E-state index in [1.54, 1.807) is 11.3 Å². The maximum atomic E-state index is 2.44. The number of rotatable bonds is 13. The summed E-state index contributed by atoms with van der Waals surface area (Å²) < 4.78 is 0. The van der Waals surface area contributed by atoms with Gasteiger partial charge in [0.05, 0.1) is 0 Å². The zero-order valence-corrected chi connectivity index (χ0v) is 20.5. The molecule has 0 nitrogen and oxygen atoms in total. The van der Waals surface area contributed by atoms with E-state index in [2.05, 4.69) is 88.7 Å². The predicted octanol–water partition coefficient (Wildman–Crippen LogP) is 9.77. The first kappa shape index (κ1) is 25.4. The van der Waals surface area contributed by atoms with Gasteiger partial charge in [0, 0.05) is 0 Å². The molecule has 1 heterocycles. The van der Waals surface area contributed by atoms with Gasteiger partial charge in [0.15, 0.2) is 0 Å². The van der Waals surface area contributed by atoms with Crippen molar-refractivity contribution >= 4 is 11.3 Å². The summed E-state index contributed by atoms with van der Waals surface area (Å²) in [6, 6.07) is 2.23. The summed E-state index contributed by atoms with van der Waals surface area (Å²) in [5.74, 6) is 0. The van der Waals surface area contributed by atoms with Crippen molar-refractivity contribution in [3.8, 4) is 0 Å². The quantitative estimate of drug-likeness (QED) is 0.224. The number of thiophene rings is 1. The molecule has 0 unspecified atom stereocenters. The Morgan fingerprint density at radius 1 is 0.724 bits per heavy atom. The van der Waals surface area contributed by atoms with Gasteiger partial charge in [-0.2, -0.15) is 11.3 Å². The normalized spacial score (nSPS) is 13.7. The molecule has 0 fully saturated rings. The highest BCUT2D eigenvalue weighted by Gasteiger charge is 1.95. The van der Waals surface area contributed by atoms with Gasteiger partial charge in [0.25, 0.3) is 0 Å². The second kappa shape index (κ2) is 15.3. The highest BCUT2D eigenvalue weighted by atomic mass is 32.1. The minimum absolute atomic E-state index is 1.14. The molecule has 29 heavy (non-hydrogen) atoms. The lowest BCUT2D eigenvalue weighted by Crippen LogP contribution is -1.83. The Hall–Kier alpha value is -1.60. The molecule has 0 spiro atoms. The van der Waals surface area contributed by atoms with Crippen LogP contribution in [0.3, 0.4) is 0 Å². The SMILES string of the molecule is CC(C)=C/C(C)=C/CC/C(C)=C/CC/C(C)=C/CC/C(C)=C/CCc1ccsc1. The molecule has 0 saturated heterocycles. The van der Waals surface area contributed by atoms with Gasteiger partial charge in [-0.15, -0.1) is 0 Å². The second-order valence-corrected chi connectivity index (χ2v) is 9.39. The van der Waals surface area contributed by atoms with Crippen molar-refractivity contribution in [1.82, 2.24) is 0 Å². The van der Waals surface area contributed by atoms with Crippen LogP contribution in [-0.2, 0) is 6.42 Å². The maximum absolute atomic E-state index is 2.44. The molecule has 0 amide bonds. The fourth-order valence-corrected chi connectivity index (χ4v) is 4.06. The van der Waals surface area contributed by atoms with Crippen LogP contribution in [-0.4, -0.2) is 0 Å². The van der Waals surface area contributed by atoms with Crippen LogP contribution in [0.4, 0.5) is 0 Å². The zero-order valence-electron chi connectivity index (χ0n) is 19.7.